The van der Waals surface area contributed by atoms with Crippen LogP contribution in [0, 0.1) is 0 Å². The van der Waals surface area contributed by atoms with Crippen LogP contribution in [0.2, 0.25) is 0 Å². The van der Waals surface area contributed by atoms with Crippen LogP contribution in [0.25, 0.3) is 22.0 Å². The fourth-order valence-electron chi connectivity index (χ4n) is 3.34. The average Bonchev–Trinajstić information content (AvgIpc) is 3.07. The molecule has 4 rings (SSSR count). The van der Waals surface area contributed by atoms with Crippen molar-refractivity contribution in [2.45, 2.75) is 37.6 Å². The Kier molecular flexibility index (Phi) is 4.14. The topological polar surface area (TPSA) is 70.7 Å². The van der Waals surface area contributed by atoms with Gasteiger partial charge in [0.15, 0.2) is 5.69 Å². The Morgan fingerprint density at radius 3 is 2.73 bits per heavy atom. The third kappa shape index (κ3) is 3.29. The van der Waals surface area contributed by atoms with Crippen molar-refractivity contribution in [1.29, 1.82) is 0 Å². The van der Waals surface area contributed by atoms with E-state index in [0.29, 0.717) is 5.39 Å². The first kappa shape index (κ1) is 16.6. The van der Waals surface area contributed by atoms with Crippen molar-refractivity contribution in [3.8, 4) is 11.1 Å². The van der Waals surface area contributed by atoms with Gasteiger partial charge in [0.05, 0.1) is 5.52 Å². The molecule has 1 saturated carbocycles. The molecule has 0 radical (unpaired) electrons. The summed E-state index contributed by atoms with van der Waals surface area (Å²) in [6.45, 7) is 0. The van der Waals surface area contributed by atoms with Crippen LogP contribution in [0.5, 0.6) is 0 Å². The highest BCUT2D eigenvalue weighted by molar-refractivity contribution is 6.05. The third-order valence-corrected chi connectivity index (χ3v) is 4.83. The van der Waals surface area contributed by atoms with Gasteiger partial charge in [-0.15, -0.1) is 0 Å². The molecule has 26 heavy (non-hydrogen) atoms. The molecule has 2 aromatic heterocycles. The number of hydrogen-bond acceptors (Lipinski definition) is 3. The zero-order valence-electron chi connectivity index (χ0n) is 14.0. The molecule has 0 atom stereocenters. The lowest BCUT2D eigenvalue weighted by Gasteiger charge is -2.28. The van der Waals surface area contributed by atoms with Gasteiger partial charge >= 0.3 is 0 Å². The molecule has 0 saturated heterocycles. The first-order chi connectivity index (χ1) is 12.5. The van der Waals surface area contributed by atoms with E-state index in [2.05, 4.69) is 20.5 Å². The van der Waals surface area contributed by atoms with Crippen molar-refractivity contribution < 1.29 is 13.6 Å². The van der Waals surface area contributed by atoms with Crippen molar-refractivity contribution in [3.63, 3.8) is 0 Å². The van der Waals surface area contributed by atoms with Crippen LogP contribution in [0.3, 0.4) is 0 Å². The number of alkyl halides is 2. The van der Waals surface area contributed by atoms with Crippen molar-refractivity contribution in [3.05, 3.63) is 48.4 Å². The number of aromatic nitrogens is 3. The Hall–Kier alpha value is -2.83. The van der Waals surface area contributed by atoms with Crippen LogP contribution < -0.4 is 5.32 Å². The van der Waals surface area contributed by atoms with Gasteiger partial charge in [-0.25, -0.2) is 8.78 Å². The molecule has 1 fully saturated rings. The van der Waals surface area contributed by atoms with Crippen LogP contribution in [-0.4, -0.2) is 33.1 Å². The van der Waals surface area contributed by atoms with Crippen molar-refractivity contribution >= 4 is 16.8 Å². The van der Waals surface area contributed by atoms with E-state index < -0.39 is 5.92 Å². The van der Waals surface area contributed by atoms with Crippen LogP contribution in [-0.2, 0) is 0 Å². The minimum Gasteiger partial charge on any atom is -0.348 e. The molecule has 0 aliphatic heterocycles. The Labute approximate surface area is 148 Å². The highest BCUT2D eigenvalue weighted by Gasteiger charge is 2.35. The standard InChI is InChI=1S/C19H18F2N4O/c20-19(21)7-5-14(6-8-19)23-18(26)17-15-10-12(3-4-16(15)24-25-17)13-2-1-9-22-11-13/h1-4,9-11,14H,5-8H2,(H,23,26)(H,24,25). The normalized spacial score (nSPS) is 17.3. The Morgan fingerprint density at radius 1 is 1.19 bits per heavy atom. The van der Waals surface area contributed by atoms with Gasteiger partial charge in [0.1, 0.15) is 0 Å². The summed E-state index contributed by atoms with van der Waals surface area (Å²) in [7, 11) is 0. The van der Waals surface area contributed by atoms with E-state index in [9.17, 15) is 13.6 Å². The van der Waals surface area contributed by atoms with Gasteiger partial charge in [-0.1, -0.05) is 12.1 Å². The number of carbonyl (C=O) groups is 1. The Balaban J connectivity index is 1.57. The fourth-order valence-corrected chi connectivity index (χ4v) is 3.34. The van der Waals surface area contributed by atoms with Crippen LogP contribution in [0.1, 0.15) is 36.2 Å². The number of hydrogen-bond donors (Lipinski definition) is 2. The summed E-state index contributed by atoms with van der Waals surface area (Å²) < 4.78 is 26.5. The van der Waals surface area contributed by atoms with Crippen molar-refractivity contribution in [1.82, 2.24) is 20.5 Å². The second-order valence-electron chi connectivity index (χ2n) is 6.68. The Morgan fingerprint density at radius 2 is 2.00 bits per heavy atom. The molecule has 1 amide bonds. The number of pyridine rings is 1. The lowest BCUT2D eigenvalue weighted by atomic mass is 9.92. The van der Waals surface area contributed by atoms with Crippen molar-refractivity contribution in [2.75, 3.05) is 0 Å². The minimum atomic E-state index is -2.61. The number of nitrogens with zero attached hydrogens (tertiary/aromatic N) is 2. The number of nitrogens with one attached hydrogen (secondary N) is 2. The fraction of sp³-hybridized carbons (Fsp3) is 0.316. The summed E-state index contributed by atoms with van der Waals surface area (Å²) in [5, 5.41) is 10.5. The number of amides is 1. The second-order valence-corrected chi connectivity index (χ2v) is 6.68. The SMILES string of the molecule is O=C(NC1CCC(F)(F)CC1)c1n[nH]c2ccc(-c3cccnc3)cc12. The van der Waals surface area contributed by atoms with Crippen molar-refractivity contribution in [2.24, 2.45) is 0 Å². The molecule has 1 aliphatic carbocycles. The minimum absolute atomic E-state index is 0.190. The third-order valence-electron chi connectivity index (χ3n) is 4.83. The number of carbonyl (C=O) groups excluding carboxylic acids is 1. The van der Waals surface area contributed by atoms with Gasteiger partial charge in [-0.2, -0.15) is 5.10 Å². The number of halogens is 2. The summed E-state index contributed by atoms with van der Waals surface area (Å²) in [4.78, 5) is 16.7. The maximum Gasteiger partial charge on any atom is 0.272 e. The smallest absolute Gasteiger partial charge is 0.272 e. The zero-order chi connectivity index (χ0) is 18.1. The molecule has 2 heterocycles. The molecular weight excluding hydrogens is 338 g/mol. The molecule has 7 heteroatoms. The number of benzene rings is 1. The van der Waals surface area contributed by atoms with Crippen LogP contribution in [0.4, 0.5) is 8.78 Å². The molecule has 0 spiro atoms. The summed E-state index contributed by atoms with van der Waals surface area (Å²) in [6, 6.07) is 9.23. The lowest BCUT2D eigenvalue weighted by Crippen LogP contribution is -2.40. The Bertz CT molecular complexity index is 929. The monoisotopic (exact) mass is 356 g/mol. The summed E-state index contributed by atoms with van der Waals surface area (Å²) in [5.74, 6) is -2.95. The number of rotatable bonds is 3. The van der Waals surface area contributed by atoms with E-state index in [-0.39, 0.29) is 43.3 Å². The van der Waals surface area contributed by atoms with Gasteiger partial charge in [-0.3, -0.25) is 14.9 Å². The first-order valence-electron chi connectivity index (χ1n) is 8.59. The van der Waals surface area contributed by atoms with Crippen LogP contribution in [0.15, 0.2) is 42.7 Å². The van der Waals surface area contributed by atoms with Gasteiger partial charge in [-0.05, 0) is 36.6 Å². The predicted molar refractivity (Wildman–Crippen MR) is 94.0 cm³/mol. The van der Waals surface area contributed by atoms with E-state index >= 15 is 0 Å². The second kappa shape index (κ2) is 6.48. The van der Waals surface area contributed by atoms with Gasteiger partial charge < -0.3 is 5.32 Å². The van der Waals surface area contributed by atoms with E-state index in [4.69, 9.17) is 0 Å². The molecule has 134 valence electrons. The first-order valence-corrected chi connectivity index (χ1v) is 8.59. The van der Waals surface area contributed by atoms with E-state index in [1.54, 1.807) is 12.4 Å². The lowest BCUT2D eigenvalue weighted by molar-refractivity contribution is -0.0399. The maximum atomic E-state index is 13.3. The molecule has 1 aliphatic rings. The summed E-state index contributed by atoms with van der Waals surface area (Å²) >= 11 is 0. The zero-order valence-corrected chi connectivity index (χ0v) is 14.0. The van der Waals surface area contributed by atoms with Gasteiger partial charge in [0, 0.05) is 42.2 Å². The molecule has 1 aromatic carbocycles. The number of H-pyrrole nitrogens is 1. The molecular formula is C19H18F2N4O. The number of aromatic amines is 1. The van der Waals surface area contributed by atoms with E-state index in [1.807, 2.05) is 30.3 Å². The molecule has 0 unspecified atom stereocenters. The predicted octanol–water partition coefficient (Wildman–Crippen LogP) is 3.93. The van der Waals surface area contributed by atoms with Crippen LogP contribution >= 0.6 is 0 Å². The van der Waals surface area contributed by atoms with Gasteiger partial charge in [0.25, 0.3) is 5.91 Å². The summed E-state index contributed by atoms with van der Waals surface area (Å²) in [6.07, 6.45) is 3.63. The molecule has 3 aromatic rings. The summed E-state index contributed by atoms with van der Waals surface area (Å²) in [5.41, 5.74) is 2.90. The highest BCUT2D eigenvalue weighted by atomic mass is 19.3. The largest absolute Gasteiger partial charge is 0.348 e. The average molecular weight is 356 g/mol. The number of fused-ring (bicyclic) bond motifs is 1. The van der Waals surface area contributed by atoms with Gasteiger partial charge in [0.2, 0.25) is 5.92 Å². The molecule has 2 N–H and O–H groups in total. The quantitative estimate of drug-likeness (QED) is 0.747. The maximum absolute atomic E-state index is 13.3. The van der Waals surface area contributed by atoms with E-state index in [1.165, 1.54) is 0 Å². The van der Waals surface area contributed by atoms with E-state index in [0.717, 1.165) is 16.6 Å². The highest BCUT2D eigenvalue weighted by Crippen LogP contribution is 2.33. The molecule has 5 nitrogen and oxygen atoms in total. The molecule has 0 bridgehead atoms.